The van der Waals surface area contributed by atoms with Gasteiger partial charge in [0.25, 0.3) is 0 Å². The number of carboxylic acid groups (broad SMARTS) is 1. The zero-order valence-corrected chi connectivity index (χ0v) is 12.6. The van der Waals surface area contributed by atoms with Gasteiger partial charge in [-0.1, -0.05) is 11.6 Å². The van der Waals surface area contributed by atoms with Crippen LogP contribution in [-0.2, 0) is 14.8 Å². The standard InChI is InChI=1S/C13H13ClN2O4S/c14-11-5-9(7-15)1-2-12(11)21(19,20)16-4-3-10(8-16)6-13(17)18/h1-2,5,10H,3-4,6,8H2,(H,17,18). The second-order valence-corrected chi connectivity index (χ2v) is 7.19. The molecule has 8 heteroatoms. The van der Waals surface area contributed by atoms with E-state index in [2.05, 4.69) is 0 Å². The molecule has 21 heavy (non-hydrogen) atoms. The highest BCUT2D eigenvalue weighted by Crippen LogP contribution is 2.30. The van der Waals surface area contributed by atoms with E-state index in [0.29, 0.717) is 6.42 Å². The van der Waals surface area contributed by atoms with Gasteiger partial charge in [-0.15, -0.1) is 0 Å². The Kier molecular flexibility index (Phi) is 4.52. The molecular formula is C13H13ClN2O4S. The monoisotopic (exact) mass is 328 g/mol. The molecule has 1 atom stereocenters. The summed E-state index contributed by atoms with van der Waals surface area (Å²) in [6.07, 6.45) is 0.465. The number of hydrogen-bond donors (Lipinski definition) is 1. The maximum absolute atomic E-state index is 12.5. The van der Waals surface area contributed by atoms with E-state index in [-0.39, 0.29) is 40.9 Å². The fourth-order valence-electron chi connectivity index (χ4n) is 2.35. The van der Waals surface area contributed by atoms with Crippen molar-refractivity contribution in [2.24, 2.45) is 5.92 Å². The zero-order valence-electron chi connectivity index (χ0n) is 11.0. The van der Waals surface area contributed by atoms with Crippen LogP contribution in [0.4, 0.5) is 0 Å². The van der Waals surface area contributed by atoms with E-state index in [4.69, 9.17) is 22.0 Å². The average Bonchev–Trinajstić information content (AvgIpc) is 2.86. The van der Waals surface area contributed by atoms with Gasteiger partial charge in [0.15, 0.2) is 0 Å². The Morgan fingerprint density at radius 3 is 2.81 bits per heavy atom. The molecule has 6 nitrogen and oxygen atoms in total. The van der Waals surface area contributed by atoms with E-state index in [1.54, 1.807) is 0 Å². The van der Waals surface area contributed by atoms with Gasteiger partial charge < -0.3 is 5.11 Å². The molecule has 1 aromatic carbocycles. The molecule has 1 fully saturated rings. The molecule has 0 radical (unpaired) electrons. The second-order valence-electron chi connectivity index (χ2n) is 4.87. The summed E-state index contributed by atoms with van der Waals surface area (Å²) in [4.78, 5) is 10.6. The maximum Gasteiger partial charge on any atom is 0.303 e. The maximum atomic E-state index is 12.5. The number of rotatable bonds is 4. The first-order valence-electron chi connectivity index (χ1n) is 6.26. The van der Waals surface area contributed by atoms with E-state index in [9.17, 15) is 13.2 Å². The van der Waals surface area contributed by atoms with E-state index in [0.717, 1.165) is 0 Å². The van der Waals surface area contributed by atoms with Gasteiger partial charge in [-0.3, -0.25) is 4.79 Å². The SMILES string of the molecule is N#Cc1ccc(S(=O)(=O)N2CCC(CC(=O)O)C2)c(Cl)c1. The van der Waals surface area contributed by atoms with E-state index >= 15 is 0 Å². The molecular weight excluding hydrogens is 316 g/mol. The van der Waals surface area contributed by atoms with Gasteiger partial charge in [0.1, 0.15) is 4.90 Å². The van der Waals surface area contributed by atoms with Crippen LogP contribution in [0.25, 0.3) is 0 Å². The molecule has 1 aromatic rings. The van der Waals surface area contributed by atoms with E-state index in [1.165, 1.54) is 22.5 Å². The van der Waals surface area contributed by atoms with Gasteiger partial charge >= 0.3 is 5.97 Å². The summed E-state index contributed by atoms with van der Waals surface area (Å²) in [5.41, 5.74) is 0.282. The normalized spacial score (nSPS) is 19.3. The quantitative estimate of drug-likeness (QED) is 0.907. The molecule has 0 aromatic heterocycles. The van der Waals surface area contributed by atoms with Crippen LogP contribution in [0.3, 0.4) is 0 Å². The summed E-state index contributed by atoms with van der Waals surface area (Å²) in [6.45, 7) is 0.446. The highest BCUT2D eigenvalue weighted by molar-refractivity contribution is 7.89. The van der Waals surface area contributed by atoms with Crippen LogP contribution >= 0.6 is 11.6 Å². The van der Waals surface area contributed by atoms with Gasteiger partial charge in [-0.25, -0.2) is 8.42 Å². The van der Waals surface area contributed by atoms with Crippen LogP contribution in [-0.4, -0.2) is 36.9 Å². The number of nitriles is 1. The van der Waals surface area contributed by atoms with Crippen molar-refractivity contribution in [1.29, 1.82) is 5.26 Å². The predicted molar refractivity (Wildman–Crippen MR) is 75.3 cm³/mol. The average molecular weight is 329 g/mol. The lowest BCUT2D eigenvalue weighted by molar-refractivity contribution is -0.137. The van der Waals surface area contributed by atoms with Gasteiger partial charge in [0.05, 0.1) is 16.7 Å². The lowest BCUT2D eigenvalue weighted by atomic mass is 10.1. The Bertz CT molecular complexity index is 711. The Morgan fingerprint density at radius 1 is 1.52 bits per heavy atom. The van der Waals surface area contributed by atoms with Crippen molar-refractivity contribution in [2.45, 2.75) is 17.7 Å². The first-order valence-corrected chi connectivity index (χ1v) is 8.08. The van der Waals surface area contributed by atoms with Crippen LogP contribution < -0.4 is 0 Å². The first-order chi connectivity index (χ1) is 9.84. The molecule has 0 aliphatic carbocycles. The summed E-state index contributed by atoms with van der Waals surface area (Å²) in [6, 6.07) is 5.89. The third-order valence-electron chi connectivity index (χ3n) is 3.39. The molecule has 0 saturated carbocycles. The van der Waals surface area contributed by atoms with Gasteiger partial charge in [0.2, 0.25) is 10.0 Å². The van der Waals surface area contributed by atoms with Crippen molar-refractivity contribution < 1.29 is 18.3 Å². The molecule has 1 aliphatic rings. The number of hydrogen-bond acceptors (Lipinski definition) is 4. The minimum absolute atomic E-state index is 0.00395. The minimum atomic E-state index is -3.76. The number of nitrogens with zero attached hydrogens (tertiary/aromatic N) is 2. The predicted octanol–water partition coefficient (Wildman–Crippen LogP) is 1.70. The highest BCUT2D eigenvalue weighted by atomic mass is 35.5. The molecule has 1 aliphatic heterocycles. The van der Waals surface area contributed by atoms with Crippen molar-refractivity contribution >= 4 is 27.6 Å². The first kappa shape index (κ1) is 15.8. The Hall–Kier alpha value is -1.62. The molecule has 112 valence electrons. The Morgan fingerprint density at radius 2 is 2.24 bits per heavy atom. The van der Waals surface area contributed by atoms with Gasteiger partial charge in [-0.2, -0.15) is 9.57 Å². The summed E-state index contributed by atoms with van der Waals surface area (Å²) >= 11 is 5.94. The molecule has 1 heterocycles. The van der Waals surface area contributed by atoms with Crippen LogP contribution in [0.5, 0.6) is 0 Å². The third-order valence-corrected chi connectivity index (χ3v) is 5.74. The summed E-state index contributed by atoms with van der Waals surface area (Å²) in [5, 5.41) is 17.5. The fourth-order valence-corrected chi connectivity index (χ4v) is 4.40. The molecule has 0 spiro atoms. The lowest BCUT2D eigenvalue weighted by Gasteiger charge is -2.17. The van der Waals surface area contributed by atoms with Crippen molar-refractivity contribution in [3.8, 4) is 6.07 Å². The summed E-state index contributed by atoms with van der Waals surface area (Å²) in [7, 11) is -3.76. The van der Waals surface area contributed by atoms with Crippen molar-refractivity contribution in [1.82, 2.24) is 4.31 Å². The summed E-state index contributed by atoms with van der Waals surface area (Å²) in [5.74, 6) is -1.12. The molecule has 1 N–H and O–H groups in total. The van der Waals surface area contributed by atoms with Gasteiger partial charge in [-0.05, 0) is 30.5 Å². The molecule has 0 bridgehead atoms. The van der Waals surface area contributed by atoms with E-state index < -0.39 is 16.0 Å². The summed E-state index contributed by atoms with van der Waals surface area (Å²) < 4.78 is 26.2. The largest absolute Gasteiger partial charge is 0.481 e. The Labute approximate surface area is 127 Å². The minimum Gasteiger partial charge on any atom is -0.481 e. The number of halogens is 1. The fraction of sp³-hybridized carbons (Fsp3) is 0.385. The van der Waals surface area contributed by atoms with Crippen LogP contribution in [0, 0.1) is 17.2 Å². The van der Waals surface area contributed by atoms with Crippen LogP contribution in [0.15, 0.2) is 23.1 Å². The van der Waals surface area contributed by atoms with Gasteiger partial charge in [0, 0.05) is 19.5 Å². The number of benzene rings is 1. The molecule has 2 rings (SSSR count). The molecule has 0 amide bonds. The second kappa shape index (κ2) is 6.02. The number of aliphatic carboxylic acids is 1. The number of carboxylic acids is 1. The van der Waals surface area contributed by atoms with E-state index in [1.807, 2.05) is 6.07 Å². The van der Waals surface area contributed by atoms with Crippen molar-refractivity contribution in [3.05, 3.63) is 28.8 Å². The van der Waals surface area contributed by atoms with Crippen LogP contribution in [0.1, 0.15) is 18.4 Å². The van der Waals surface area contributed by atoms with Crippen molar-refractivity contribution in [2.75, 3.05) is 13.1 Å². The van der Waals surface area contributed by atoms with Crippen molar-refractivity contribution in [3.63, 3.8) is 0 Å². The Balaban J connectivity index is 2.24. The third kappa shape index (κ3) is 3.35. The zero-order chi connectivity index (χ0) is 15.6. The molecule has 1 unspecified atom stereocenters. The number of carbonyl (C=O) groups is 1. The molecule has 1 saturated heterocycles. The van der Waals surface area contributed by atoms with Crippen LogP contribution in [0.2, 0.25) is 5.02 Å². The smallest absolute Gasteiger partial charge is 0.303 e. The topological polar surface area (TPSA) is 98.5 Å². The lowest BCUT2D eigenvalue weighted by Crippen LogP contribution is -2.29. The highest BCUT2D eigenvalue weighted by Gasteiger charge is 2.34. The number of sulfonamides is 1.